The van der Waals surface area contributed by atoms with Crippen LogP contribution in [0.5, 0.6) is 0 Å². The monoisotopic (exact) mass is 306 g/mol. The van der Waals surface area contributed by atoms with E-state index in [0.717, 1.165) is 22.5 Å². The fraction of sp³-hybridized carbons (Fsp3) is 0.500. The Kier molecular flexibility index (Phi) is 5.03. The summed E-state index contributed by atoms with van der Waals surface area (Å²) in [5.41, 5.74) is 3.79. The van der Waals surface area contributed by atoms with E-state index in [-0.39, 0.29) is 25.1 Å². The molecule has 1 aromatic rings. The molecular formula is C16H22N2O4. The van der Waals surface area contributed by atoms with Crippen molar-refractivity contribution in [3.63, 3.8) is 0 Å². The molecule has 0 aromatic heterocycles. The van der Waals surface area contributed by atoms with Gasteiger partial charge in [0.25, 0.3) is 0 Å². The molecule has 6 nitrogen and oxygen atoms in total. The molecule has 1 aliphatic heterocycles. The van der Waals surface area contributed by atoms with E-state index in [4.69, 9.17) is 9.47 Å². The van der Waals surface area contributed by atoms with E-state index in [9.17, 15) is 9.59 Å². The average Bonchev–Trinajstić information content (AvgIpc) is 2.44. The lowest BCUT2D eigenvalue weighted by atomic mass is 10.1. The third-order valence-corrected chi connectivity index (χ3v) is 3.66. The van der Waals surface area contributed by atoms with E-state index in [1.807, 2.05) is 26.0 Å². The Morgan fingerprint density at radius 2 is 2.05 bits per heavy atom. The van der Waals surface area contributed by atoms with E-state index in [1.54, 1.807) is 14.0 Å². The molecule has 1 N–H and O–H groups in total. The number of amides is 1. The Balaban J connectivity index is 2.16. The van der Waals surface area contributed by atoms with Gasteiger partial charge in [-0.3, -0.25) is 14.5 Å². The predicted molar refractivity (Wildman–Crippen MR) is 84.2 cm³/mol. The van der Waals surface area contributed by atoms with Crippen LogP contribution in [0, 0.1) is 13.8 Å². The maximum Gasteiger partial charge on any atom is 0.326 e. The molecule has 0 saturated carbocycles. The van der Waals surface area contributed by atoms with E-state index in [1.165, 1.54) is 4.90 Å². The minimum Gasteiger partial charge on any atom is -0.459 e. The molecule has 1 amide bonds. The number of hydrogen-bond acceptors (Lipinski definition) is 5. The Labute approximate surface area is 130 Å². The summed E-state index contributed by atoms with van der Waals surface area (Å²) in [7, 11) is 1.55. The summed E-state index contributed by atoms with van der Waals surface area (Å²) >= 11 is 0. The van der Waals surface area contributed by atoms with Gasteiger partial charge in [-0.2, -0.15) is 0 Å². The first-order valence-electron chi connectivity index (χ1n) is 7.26. The molecule has 0 saturated heterocycles. The maximum absolute atomic E-state index is 12.1. The molecule has 1 unspecified atom stereocenters. The smallest absolute Gasteiger partial charge is 0.326 e. The van der Waals surface area contributed by atoms with Crippen molar-refractivity contribution in [3.05, 3.63) is 23.3 Å². The lowest BCUT2D eigenvalue weighted by Crippen LogP contribution is -2.44. The minimum absolute atomic E-state index is 0.0932. The first kappa shape index (κ1) is 16.3. The van der Waals surface area contributed by atoms with Crippen LogP contribution in [0.3, 0.4) is 0 Å². The number of carbonyl (C=O) groups excluding carboxylic acids is 2. The van der Waals surface area contributed by atoms with Crippen LogP contribution < -0.4 is 10.2 Å². The minimum atomic E-state index is -0.441. The lowest BCUT2D eigenvalue weighted by Gasteiger charge is -2.30. The number of aryl methyl sites for hydroxylation is 2. The van der Waals surface area contributed by atoms with Gasteiger partial charge in [-0.25, -0.2) is 0 Å². The number of anilines is 2. The van der Waals surface area contributed by atoms with Crippen molar-refractivity contribution >= 4 is 23.3 Å². The lowest BCUT2D eigenvalue weighted by molar-refractivity contribution is -0.149. The highest BCUT2D eigenvalue weighted by atomic mass is 16.6. The number of methoxy groups -OCH3 is 1. The van der Waals surface area contributed by atoms with Gasteiger partial charge in [0.1, 0.15) is 12.6 Å². The highest BCUT2D eigenvalue weighted by Crippen LogP contribution is 2.32. The third-order valence-electron chi connectivity index (χ3n) is 3.66. The Bertz CT molecular complexity index is 586. The van der Waals surface area contributed by atoms with Gasteiger partial charge in [0, 0.05) is 7.11 Å². The standard InChI is InChI=1S/C16H22N2O4/c1-10-5-13-14(6-11(10)2)18(15(19)7-17-13)8-16(20)22-12(3)9-21-4/h5-6,12,17H,7-9H2,1-4H3. The van der Waals surface area contributed by atoms with E-state index < -0.39 is 5.97 Å². The van der Waals surface area contributed by atoms with Crippen LogP contribution in [0.4, 0.5) is 11.4 Å². The van der Waals surface area contributed by atoms with Crippen molar-refractivity contribution in [1.29, 1.82) is 0 Å². The summed E-state index contributed by atoms with van der Waals surface area (Å²) in [4.78, 5) is 25.6. The van der Waals surface area contributed by atoms with Gasteiger partial charge in [-0.15, -0.1) is 0 Å². The number of nitrogens with zero attached hydrogens (tertiary/aromatic N) is 1. The molecular weight excluding hydrogens is 284 g/mol. The molecule has 0 radical (unpaired) electrons. The number of ether oxygens (including phenoxy) is 2. The Hall–Kier alpha value is -2.08. The first-order valence-corrected chi connectivity index (χ1v) is 7.26. The zero-order valence-electron chi connectivity index (χ0n) is 13.4. The van der Waals surface area contributed by atoms with Gasteiger partial charge in [0.05, 0.1) is 24.5 Å². The van der Waals surface area contributed by atoms with Crippen molar-refractivity contribution in [1.82, 2.24) is 0 Å². The summed E-state index contributed by atoms with van der Waals surface area (Å²) in [5, 5.41) is 3.08. The van der Waals surface area contributed by atoms with Crippen molar-refractivity contribution in [2.75, 3.05) is 37.0 Å². The van der Waals surface area contributed by atoms with E-state index >= 15 is 0 Å². The molecule has 1 aromatic carbocycles. The molecule has 0 aliphatic carbocycles. The second-order valence-corrected chi connectivity index (χ2v) is 5.54. The van der Waals surface area contributed by atoms with Gasteiger partial charge in [0.15, 0.2) is 0 Å². The normalized spacial score (nSPS) is 15.1. The highest BCUT2D eigenvalue weighted by molar-refractivity contribution is 6.05. The van der Waals surface area contributed by atoms with Crippen LogP contribution in [0.1, 0.15) is 18.1 Å². The fourth-order valence-electron chi connectivity index (χ4n) is 2.40. The predicted octanol–water partition coefficient (Wildman–Crippen LogP) is 1.64. The molecule has 120 valence electrons. The number of hydrogen-bond donors (Lipinski definition) is 1. The number of esters is 1. The molecule has 1 heterocycles. The van der Waals surface area contributed by atoms with Gasteiger partial charge < -0.3 is 14.8 Å². The van der Waals surface area contributed by atoms with Gasteiger partial charge in [-0.05, 0) is 44.0 Å². The molecule has 6 heteroatoms. The molecule has 1 atom stereocenters. The molecule has 1 aliphatic rings. The van der Waals surface area contributed by atoms with Gasteiger partial charge in [-0.1, -0.05) is 0 Å². The quantitative estimate of drug-likeness (QED) is 0.838. The second kappa shape index (κ2) is 6.79. The highest BCUT2D eigenvalue weighted by Gasteiger charge is 2.27. The summed E-state index contributed by atoms with van der Waals surface area (Å²) < 4.78 is 10.2. The second-order valence-electron chi connectivity index (χ2n) is 5.54. The Morgan fingerprint density at radius 1 is 1.36 bits per heavy atom. The Morgan fingerprint density at radius 3 is 2.73 bits per heavy atom. The van der Waals surface area contributed by atoms with Crippen LogP contribution in [0.15, 0.2) is 12.1 Å². The van der Waals surface area contributed by atoms with Crippen LogP contribution >= 0.6 is 0 Å². The average molecular weight is 306 g/mol. The largest absolute Gasteiger partial charge is 0.459 e. The summed E-state index contributed by atoms with van der Waals surface area (Å²) in [6.45, 7) is 6.16. The van der Waals surface area contributed by atoms with Crippen LogP contribution in [-0.2, 0) is 19.1 Å². The molecule has 0 fully saturated rings. The van der Waals surface area contributed by atoms with Gasteiger partial charge in [0.2, 0.25) is 5.91 Å². The molecule has 0 spiro atoms. The van der Waals surface area contributed by atoms with Crippen molar-refractivity contribution < 1.29 is 19.1 Å². The number of benzene rings is 1. The molecule has 0 bridgehead atoms. The number of carbonyl (C=O) groups is 2. The SMILES string of the molecule is COCC(C)OC(=O)CN1C(=O)CNc2cc(C)c(C)cc21. The maximum atomic E-state index is 12.1. The summed E-state index contributed by atoms with van der Waals surface area (Å²) in [5.74, 6) is -0.587. The molecule has 22 heavy (non-hydrogen) atoms. The number of fused-ring (bicyclic) bond motifs is 1. The van der Waals surface area contributed by atoms with Crippen LogP contribution in [0.2, 0.25) is 0 Å². The molecule has 2 rings (SSSR count). The number of rotatable bonds is 5. The van der Waals surface area contributed by atoms with Crippen molar-refractivity contribution in [2.45, 2.75) is 26.9 Å². The summed E-state index contributed by atoms with van der Waals surface area (Å²) in [6, 6.07) is 3.91. The van der Waals surface area contributed by atoms with E-state index in [0.29, 0.717) is 6.61 Å². The van der Waals surface area contributed by atoms with Crippen molar-refractivity contribution in [2.24, 2.45) is 0 Å². The van der Waals surface area contributed by atoms with Gasteiger partial charge >= 0.3 is 5.97 Å². The first-order chi connectivity index (χ1) is 10.4. The van der Waals surface area contributed by atoms with Crippen LogP contribution in [-0.4, -0.2) is 44.8 Å². The third kappa shape index (κ3) is 3.57. The topological polar surface area (TPSA) is 67.9 Å². The van der Waals surface area contributed by atoms with E-state index in [2.05, 4.69) is 5.32 Å². The van der Waals surface area contributed by atoms with Crippen molar-refractivity contribution in [3.8, 4) is 0 Å². The zero-order chi connectivity index (χ0) is 16.3. The van der Waals surface area contributed by atoms with Crippen LogP contribution in [0.25, 0.3) is 0 Å². The summed E-state index contributed by atoms with van der Waals surface area (Å²) in [6.07, 6.45) is -0.338. The zero-order valence-corrected chi connectivity index (χ0v) is 13.4. The fourth-order valence-corrected chi connectivity index (χ4v) is 2.40. The number of nitrogens with one attached hydrogen (secondary N) is 1.